The van der Waals surface area contributed by atoms with Crippen molar-refractivity contribution in [3.63, 3.8) is 0 Å². The summed E-state index contributed by atoms with van der Waals surface area (Å²) in [4.78, 5) is 0. The monoisotopic (exact) mass is 337 g/mol. The van der Waals surface area contributed by atoms with Crippen molar-refractivity contribution in [2.24, 2.45) is 0 Å². The van der Waals surface area contributed by atoms with Crippen molar-refractivity contribution in [3.05, 3.63) is 34.3 Å². The Bertz CT molecular complexity index is 439. The van der Waals surface area contributed by atoms with Crippen LogP contribution in [0, 0.1) is 0 Å². The van der Waals surface area contributed by atoms with Crippen LogP contribution >= 0.6 is 15.9 Å². The molecule has 1 aromatic carbocycles. The van der Waals surface area contributed by atoms with Crippen LogP contribution in [0.15, 0.2) is 28.7 Å². The maximum atomic E-state index is 6.35. The van der Waals surface area contributed by atoms with Crippen molar-refractivity contribution in [1.29, 1.82) is 0 Å². The van der Waals surface area contributed by atoms with Crippen molar-refractivity contribution in [3.8, 4) is 0 Å². The standard InChI is InChI=1S/C17H24BrNO/c1-13(14-4-6-15(18)7-5-14)19-12-16-8-11-17(20-16)9-2-3-10-17/h4-7,13,16,19H,2-3,8-12H2,1H3. The molecule has 3 heteroatoms. The van der Waals surface area contributed by atoms with E-state index in [9.17, 15) is 0 Å². The van der Waals surface area contributed by atoms with E-state index in [4.69, 9.17) is 4.74 Å². The summed E-state index contributed by atoms with van der Waals surface area (Å²) in [5.41, 5.74) is 1.59. The molecular formula is C17H24BrNO. The Labute approximate surface area is 130 Å². The van der Waals surface area contributed by atoms with Crippen molar-refractivity contribution < 1.29 is 4.74 Å². The molecule has 2 nitrogen and oxygen atoms in total. The second-order valence-corrected chi connectivity index (χ2v) is 7.27. The van der Waals surface area contributed by atoms with Gasteiger partial charge in [0.25, 0.3) is 0 Å². The van der Waals surface area contributed by atoms with Gasteiger partial charge in [0.2, 0.25) is 0 Å². The van der Waals surface area contributed by atoms with E-state index in [0.717, 1.165) is 11.0 Å². The Kier molecular flexibility index (Phi) is 4.49. The first-order valence-electron chi connectivity index (χ1n) is 7.84. The molecule has 2 unspecified atom stereocenters. The van der Waals surface area contributed by atoms with E-state index < -0.39 is 0 Å². The lowest BCUT2D eigenvalue weighted by atomic mass is 9.98. The molecule has 20 heavy (non-hydrogen) atoms. The van der Waals surface area contributed by atoms with Crippen molar-refractivity contribution in [2.75, 3.05) is 6.54 Å². The van der Waals surface area contributed by atoms with Crippen LogP contribution in [0.1, 0.15) is 57.1 Å². The fourth-order valence-corrected chi connectivity index (χ4v) is 3.87. The quantitative estimate of drug-likeness (QED) is 0.867. The summed E-state index contributed by atoms with van der Waals surface area (Å²) in [5, 5.41) is 3.63. The van der Waals surface area contributed by atoms with Crippen molar-refractivity contribution >= 4 is 15.9 Å². The molecule has 1 aliphatic heterocycles. The number of hydrogen-bond donors (Lipinski definition) is 1. The number of hydrogen-bond acceptors (Lipinski definition) is 2. The molecule has 2 atom stereocenters. The summed E-state index contributed by atoms with van der Waals surface area (Å²) >= 11 is 3.48. The predicted molar refractivity (Wildman–Crippen MR) is 85.9 cm³/mol. The number of nitrogens with one attached hydrogen (secondary N) is 1. The van der Waals surface area contributed by atoms with E-state index in [1.54, 1.807) is 0 Å². The van der Waals surface area contributed by atoms with Crippen LogP contribution in [0.5, 0.6) is 0 Å². The normalized spacial score (nSPS) is 26.2. The van der Waals surface area contributed by atoms with Gasteiger partial charge in [0.05, 0.1) is 11.7 Å². The average molecular weight is 338 g/mol. The lowest BCUT2D eigenvalue weighted by molar-refractivity contribution is -0.0357. The van der Waals surface area contributed by atoms with Gasteiger partial charge in [0.15, 0.2) is 0 Å². The highest BCUT2D eigenvalue weighted by Gasteiger charge is 2.41. The number of benzene rings is 1. The minimum atomic E-state index is 0.257. The van der Waals surface area contributed by atoms with Crippen LogP contribution in [-0.4, -0.2) is 18.2 Å². The maximum Gasteiger partial charge on any atom is 0.0708 e. The largest absolute Gasteiger partial charge is 0.370 e. The van der Waals surface area contributed by atoms with Crippen molar-refractivity contribution in [2.45, 2.75) is 63.2 Å². The summed E-state index contributed by atoms with van der Waals surface area (Å²) in [6.45, 7) is 3.20. The molecule has 1 spiro atoms. The second-order valence-electron chi connectivity index (χ2n) is 6.35. The Morgan fingerprint density at radius 3 is 2.65 bits per heavy atom. The molecule has 2 fully saturated rings. The summed E-state index contributed by atoms with van der Waals surface area (Å²) < 4.78 is 7.48. The zero-order valence-electron chi connectivity index (χ0n) is 12.2. The highest BCUT2D eigenvalue weighted by atomic mass is 79.9. The number of ether oxygens (including phenoxy) is 1. The lowest BCUT2D eigenvalue weighted by Crippen LogP contribution is -2.32. The van der Waals surface area contributed by atoms with Gasteiger partial charge in [0.1, 0.15) is 0 Å². The van der Waals surface area contributed by atoms with Crippen LogP contribution in [0.25, 0.3) is 0 Å². The summed E-state index contributed by atoms with van der Waals surface area (Å²) in [7, 11) is 0. The van der Waals surface area contributed by atoms with Gasteiger partial charge in [-0.2, -0.15) is 0 Å². The van der Waals surface area contributed by atoms with Gasteiger partial charge >= 0.3 is 0 Å². The predicted octanol–water partition coefficient (Wildman–Crippen LogP) is 4.59. The van der Waals surface area contributed by atoms with Crippen LogP contribution in [0.4, 0.5) is 0 Å². The van der Waals surface area contributed by atoms with E-state index in [-0.39, 0.29) is 5.60 Å². The Balaban J connectivity index is 1.49. The molecule has 1 saturated carbocycles. The average Bonchev–Trinajstić information content (AvgIpc) is 3.08. The Morgan fingerprint density at radius 1 is 1.25 bits per heavy atom. The van der Waals surface area contributed by atoms with Crippen LogP contribution in [-0.2, 0) is 4.74 Å². The third-order valence-electron chi connectivity index (χ3n) is 4.88. The molecule has 1 aliphatic carbocycles. The Hall–Kier alpha value is -0.380. The molecule has 1 heterocycles. The third kappa shape index (κ3) is 3.26. The highest BCUT2D eigenvalue weighted by molar-refractivity contribution is 9.10. The summed E-state index contributed by atoms with van der Waals surface area (Å²) in [5.74, 6) is 0. The van der Waals surface area contributed by atoms with Crippen LogP contribution in [0.2, 0.25) is 0 Å². The van der Waals surface area contributed by atoms with Crippen LogP contribution < -0.4 is 5.32 Å². The van der Waals surface area contributed by atoms with E-state index in [0.29, 0.717) is 12.1 Å². The van der Waals surface area contributed by atoms with Gasteiger partial charge in [-0.05, 0) is 50.3 Å². The summed E-state index contributed by atoms with van der Waals surface area (Å²) in [6, 6.07) is 8.94. The molecule has 1 saturated heterocycles. The van der Waals surface area contributed by atoms with E-state index >= 15 is 0 Å². The molecule has 1 N–H and O–H groups in total. The molecular weight excluding hydrogens is 314 g/mol. The molecule has 110 valence electrons. The molecule has 1 aromatic rings. The summed E-state index contributed by atoms with van der Waals surface area (Å²) in [6.07, 6.45) is 8.18. The second kappa shape index (κ2) is 6.17. The lowest BCUT2D eigenvalue weighted by Gasteiger charge is -2.24. The molecule has 0 amide bonds. The number of rotatable bonds is 4. The van der Waals surface area contributed by atoms with Crippen molar-refractivity contribution in [1.82, 2.24) is 5.32 Å². The first-order chi connectivity index (χ1) is 9.67. The van der Waals surface area contributed by atoms with Gasteiger partial charge in [-0.15, -0.1) is 0 Å². The fourth-order valence-electron chi connectivity index (χ4n) is 3.60. The van der Waals surface area contributed by atoms with Crippen LogP contribution in [0.3, 0.4) is 0 Å². The highest BCUT2D eigenvalue weighted by Crippen LogP contribution is 2.43. The molecule has 3 rings (SSSR count). The maximum absolute atomic E-state index is 6.35. The first-order valence-corrected chi connectivity index (χ1v) is 8.63. The van der Waals surface area contributed by atoms with Gasteiger partial charge in [-0.3, -0.25) is 0 Å². The van der Waals surface area contributed by atoms with Gasteiger partial charge in [-0.1, -0.05) is 40.9 Å². The molecule has 2 aliphatic rings. The van der Waals surface area contributed by atoms with E-state index in [2.05, 4.69) is 52.4 Å². The third-order valence-corrected chi connectivity index (χ3v) is 5.40. The van der Waals surface area contributed by atoms with E-state index in [1.165, 1.54) is 44.1 Å². The van der Waals surface area contributed by atoms with Gasteiger partial charge in [-0.25, -0.2) is 0 Å². The van der Waals surface area contributed by atoms with E-state index in [1.807, 2.05) is 0 Å². The Morgan fingerprint density at radius 2 is 1.95 bits per heavy atom. The smallest absolute Gasteiger partial charge is 0.0708 e. The number of halogens is 1. The molecule has 0 radical (unpaired) electrons. The topological polar surface area (TPSA) is 21.3 Å². The molecule has 0 bridgehead atoms. The minimum absolute atomic E-state index is 0.257. The van der Waals surface area contributed by atoms with Gasteiger partial charge < -0.3 is 10.1 Å². The first kappa shape index (κ1) is 14.6. The fraction of sp³-hybridized carbons (Fsp3) is 0.647. The molecule has 0 aromatic heterocycles. The SMILES string of the molecule is CC(NCC1CCC2(CCCC2)O1)c1ccc(Br)cc1. The van der Waals surface area contributed by atoms with Gasteiger partial charge in [0, 0.05) is 17.1 Å². The zero-order chi connectivity index (χ0) is 14.0. The zero-order valence-corrected chi connectivity index (χ0v) is 13.8. The minimum Gasteiger partial charge on any atom is -0.370 e.